The molecule has 0 atom stereocenters. The van der Waals surface area contributed by atoms with E-state index in [0.29, 0.717) is 5.75 Å². The van der Waals surface area contributed by atoms with Crippen molar-refractivity contribution in [2.45, 2.75) is 32.7 Å². The molecule has 1 aromatic rings. The molecule has 0 heterocycles. The van der Waals surface area contributed by atoms with Crippen LogP contribution in [0, 0.1) is 13.8 Å². The average Bonchev–Trinajstić information content (AvgIpc) is 3.30. The fourth-order valence-electron chi connectivity index (χ4n) is 1.72. The number of rotatable bonds is 4. The van der Waals surface area contributed by atoms with Crippen LogP contribution in [0.5, 0.6) is 5.75 Å². The Morgan fingerprint density at radius 3 is 2.55 bits per heavy atom. The summed E-state index contributed by atoms with van der Waals surface area (Å²) in [5, 5.41) is 2.52. The number of carbonyl (C=O) groups is 3. The van der Waals surface area contributed by atoms with Gasteiger partial charge in [0.25, 0.3) is 5.91 Å². The number of hydrogen-bond donors (Lipinski definition) is 3. The third-order valence-corrected chi connectivity index (χ3v) is 3.35. The summed E-state index contributed by atoms with van der Waals surface area (Å²) in [6, 6.07) is 5.62. The van der Waals surface area contributed by atoms with Crippen LogP contribution in [-0.4, -0.2) is 30.4 Å². The van der Waals surface area contributed by atoms with Gasteiger partial charge in [0.05, 0.1) is 0 Å². The maximum atomic E-state index is 11.6. The third-order valence-electron chi connectivity index (χ3n) is 3.35. The quantitative estimate of drug-likeness (QED) is 0.543. The van der Waals surface area contributed by atoms with Crippen molar-refractivity contribution in [3.63, 3.8) is 0 Å². The summed E-state index contributed by atoms with van der Waals surface area (Å²) >= 11 is 0. The highest BCUT2D eigenvalue weighted by molar-refractivity contribution is 6.35. The molecule has 0 saturated heterocycles. The van der Waals surface area contributed by atoms with E-state index in [4.69, 9.17) is 4.74 Å². The Morgan fingerprint density at radius 2 is 1.86 bits per heavy atom. The average molecular weight is 305 g/mol. The molecule has 0 aromatic heterocycles. The molecule has 7 heteroatoms. The molecule has 7 nitrogen and oxygen atoms in total. The number of hydrogen-bond acceptors (Lipinski definition) is 4. The summed E-state index contributed by atoms with van der Waals surface area (Å²) in [6.07, 6.45) is 1.77. The number of ether oxygens (including phenoxy) is 1. The first-order valence-corrected chi connectivity index (χ1v) is 7.06. The van der Waals surface area contributed by atoms with E-state index in [0.717, 1.165) is 24.0 Å². The van der Waals surface area contributed by atoms with E-state index in [9.17, 15) is 14.4 Å². The van der Waals surface area contributed by atoms with E-state index in [-0.39, 0.29) is 12.6 Å². The maximum absolute atomic E-state index is 11.6. The van der Waals surface area contributed by atoms with E-state index in [1.807, 2.05) is 31.4 Å². The van der Waals surface area contributed by atoms with Crippen molar-refractivity contribution >= 4 is 17.7 Å². The monoisotopic (exact) mass is 305 g/mol. The SMILES string of the molecule is Cc1cccc(OCC(=O)NNC(=O)C(=O)NC2CC2)c1C. The molecule has 0 unspecified atom stereocenters. The summed E-state index contributed by atoms with van der Waals surface area (Å²) < 4.78 is 5.38. The Balaban J connectivity index is 1.72. The summed E-state index contributed by atoms with van der Waals surface area (Å²) in [7, 11) is 0. The largest absolute Gasteiger partial charge is 0.483 e. The van der Waals surface area contributed by atoms with Gasteiger partial charge in [0, 0.05) is 6.04 Å². The van der Waals surface area contributed by atoms with Crippen molar-refractivity contribution in [1.82, 2.24) is 16.2 Å². The minimum atomic E-state index is -0.896. The van der Waals surface area contributed by atoms with Gasteiger partial charge in [-0.1, -0.05) is 12.1 Å². The van der Waals surface area contributed by atoms with Crippen molar-refractivity contribution in [1.29, 1.82) is 0 Å². The Kier molecular flexibility index (Phi) is 4.98. The molecule has 118 valence electrons. The van der Waals surface area contributed by atoms with Gasteiger partial charge in [-0.05, 0) is 43.9 Å². The molecule has 1 aliphatic rings. The number of carbonyl (C=O) groups excluding carboxylic acids is 3. The molecule has 0 radical (unpaired) electrons. The van der Waals surface area contributed by atoms with Gasteiger partial charge in [0.2, 0.25) is 0 Å². The molecule has 22 heavy (non-hydrogen) atoms. The lowest BCUT2D eigenvalue weighted by Gasteiger charge is -2.11. The zero-order valence-electron chi connectivity index (χ0n) is 12.6. The van der Waals surface area contributed by atoms with Gasteiger partial charge in [-0.2, -0.15) is 0 Å². The molecule has 3 N–H and O–H groups in total. The first-order chi connectivity index (χ1) is 10.5. The molecule has 0 aliphatic heterocycles. The van der Waals surface area contributed by atoms with Crippen molar-refractivity contribution in [2.24, 2.45) is 0 Å². The summed E-state index contributed by atoms with van der Waals surface area (Å²) in [6.45, 7) is 3.59. The molecular formula is C15H19N3O4. The second-order valence-corrected chi connectivity index (χ2v) is 5.24. The molecule has 0 bridgehead atoms. The fraction of sp³-hybridized carbons (Fsp3) is 0.400. The maximum Gasteiger partial charge on any atom is 0.327 e. The molecule has 1 aromatic carbocycles. The first kappa shape index (κ1) is 15.8. The lowest BCUT2D eigenvalue weighted by atomic mass is 10.1. The van der Waals surface area contributed by atoms with Gasteiger partial charge >= 0.3 is 11.8 Å². The molecule has 0 spiro atoms. The Labute approximate surface area is 128 Å². The lowest BCUT2D eigenvalue weighted by Crippen LogP contribution is -2.50. The predicted molar refractivity (Wildman–Crippen MR) is 78.9 cm³/mol. The van der Waals surface area contributed by atoms with Crippen LogP contribution in [0.1, 0.15) is 24.0 Å². The van der Waals surface area contributed by atoms with Crippen LogP contribution in [0.4, 0.5) is 0 Å². The second-order valence-electron chi connectivity index (χ2n) is 5.24. The van der Waals surface area contributed by atoms with E-state index < -0.39 is 17.7 Å². The van der Waals surface area contributed by atoms with Crippen LogP contribution in [0.2, 0.25) is 0 Å². The Morgan fingerprint density at radius 1 is 1.14 bits per heavy atom. The molecule has 2 rings (SSSR count). The highest BCUT2D eigenvalue weighted by atomic mass is 16.5. The number of aryl methyl sites for hydroxylation is 1. The van der Waals surface area contributed by atoms with Gasteiger partial charge < -0.3 is 10.1 Å². The number of benzene rings is 1. The van der Waals surface area contributed by atoms with Crippen molar-refractivity contribution in [3.05, 3.63) is 29.3 Å². The Hall–Kier alpha value is -2.57. The number of nitrogens with one attached hydrogen (secondary N) is 3. The molecule has 3 amide bonds. The predicted octanol–water partition coefficient (Wildman–Crippen LogP) is 0.108. The van der Waals surface area contributed by atoms with E-state index in [1.54, 1.807) is 6.07 Å². The highest BCUT2D eigenvalue weighted by Gasteiger charge is 2.26. The third kappa shape index (κ3) is 4.47. The number of amides is 3. The smallest absolute Gasteiger partial charge is 0.327 e. The van der Waals surface area contributed by atoms with Crippen LogP contribution >= 0.6 is 0 Å². The van der Waals surface area contributed by atoms with Crippen LogP contribution < -0.4 is 20.9 Å². The normalized spacial score (nSPS) is 13.2. The van der Waals surface area contributed by atoms with Crippen molar-refractivity contribution < 1.29 is 19.1 Å². The molecule has 1 saturated carbocycles. The molecule has 1 fully saturated rings. The van der Waals surface area contributed by atoms with E-state index in [2.05, 4.69) is 10.7 Å². The van der Waals surface area contributed by atoms with Gasteiger partial charge in [-0.3, -0.25) is 25.2 Å². The first-order valence-electron chi connectivity index (χ1n) is 7.06. The van der Waals surface area contributed by atoms with E-state index in [1.165, 1.54) is 0 Å². The topological polar surface area (TPSA) is 96.5 Å². The van der Waals surface area contributed by atoms with Crippen molar-refractivity contribution in [2.75, 3.05) is 6.61 Å². The van der Waals surface area contributed by atoms with Crippen LogP contribution in [0.25, 0.3) is 0 Å². The minimum Gasteiger partial charge on any atom is -0.483 e. The van der Waals surface area contributed by atoms with Gasteiger partial charge in [-0.25, -0.2) is 0 Å². The fourth-order valence-corrected chi connectivity index (χ4v) is 1.72. The lowest BCUT2D eigenvalue weighted by molar-refractivity contribution is -0.141. The summed E-state index contributed by atoms with van der Waals surface area (Å²) in [5.41, 5.74) is 6.19. The molecular weight excluding hydrogens is 286 g/mol. The number of hydrazine groups is 1. The van der Waals surface area contributed by atoms with Crippen LogP contribution in [0.15, 0.2) is 18.2 Å². The highest BCUT2D eigenvalue weighted by Crippen LogP contribution is 2.20. The van der Waals surface area contributed by atoms with Crippen molar-refractivity contribution in [3.8, 4) is 5.75 Å². The summed E-state index contributed by atoms with van der Waals surface area (Å²) in [4.78, 5) is 34.4. The standard InChI is InChI=1S/C15H19N3O4/c1-9-4-3-5-12(10(9)2)22-8-13(19)17-18-15(21)14(20)16-11-6-7-11/h3-5,11H,6-8H2,1-2H3,(H,16,20)(H,17,19)(H,18,21). The van der Waals surface area contributed by atoms with E-state index >= 15 is 0 Å². The van der Waals surface area contributed by atoms with Gasteiger partial charge in [0.15, 0.2) is 6.61 Å². The summed E-state index contributed by atoms with van der Waals surface area (Å²) in [5.74, 6) is -1.59. The Bertz CT molecular complexity index is 596. The van der Waals surface area contributed by atoms with Gasteiger partial charge in [0.1, 0.15) is 5.75 Å². The second kappa shape index (κ2) is 6.93. The minimum absolute atomic E-state index is 0.0848. The zero-order valence-corrected chi connectivity index (χ0v) is 12.6. The van der Waals surface area contributed by atoms with Crippen LogP contribution in [-0.2, 0) is 14.4 Å². The van der Waals surface area contributed by atoms with Gasteiger partial charge in [-0.15, -0.1) is 0 Å². The zero-order chi connectivity index (χ0) is 16.1. The van der Waals surface area contributed by atoms with Crippen LogP contribution in [0.3, 0.4) is 0 Å². The molecule has 1 aliphatic carbocycles.